The van der Waals surface area contributed by atoms with E-state index in [1.54, 1.807) is 0 Å². The lowest BCUT2D eigenvalue weighted by molar-refractivity contribution is 0.179. The van der Waals surface area contributed by atoms with Gasteiger partial charge >= 0.3 is 0 Å². The lowest BCUT2D eigenvalue weighted by Gasteiger charge is -2.39. The molecule has 0 saturated carbocycles. The molecule has 2 nitrogen and oxygen atoms in total. The number of rotatable bonds is 3. The van der Waals surface area contributed by atoms with Crippen molar-refractivity contribution in [1.82, 2.24) is 4.90 Å². The Kier molecular flexibility index (Phi) is 4.37. The summed E-state index contributed by atoms with van der Waals surface area (Å²) in [4.78, 5) is 2.32. The van der Waals surface area contributed by atoms with Gasteiger partial charge in [0.15, 0.2) is 5.54 Å². The fraction of sp³-hybridized carbons (Fsp3) is 0.250. The van der Waals surface area contributed by atoms with Crippen molar-refractivity contribution in [3.63, 3.8) is 0 Å². The van der Waals surface area contributed by atoms with Crippen LogP contribution in [0.15, 0.2) is 72.8 Å². The van der Waals surface area contributed by atoms with Crippen LogP contribution in [0.2, 0.25) is 0 Å². The molecular weight excluding hydrogens is 268 g/mol. The summed E-state index contributed by atoms with van der Waals surface area (Å²) in [6.45, 7) is 1.79. The highest BCUT2D eigenvalue weighted by Gasteiger charge is 2.40. The fourth-order valence-corrected chi connectivity index (χ4v) is 3.23. The van der Waals surface area contributed by atoms with E-state index in [2.05, 4.69) is 47.4 Å². The molecule has 0 aromatic heterocycles. The molecule has 0 aliphatic carbocycles. The van der Waals surface area contributed by atoms with Gasteiger partial charge < -0.3 is 0 Å². The lowest BCUT2D eigenvalue weighted by atomic mass is 9.82. The largest absolute Gasteiger partial charge is 0.277 e. The molecule has 110 valence electrons. The van der Waals surface area contributed by atoms with Crippen LogP contribution in [0.4, 0.5) is 0 Å². The van der Waals surface area contributed by atoms with Crippen LogP contribution in [0.25, 0.3) is 0 Å². The average Bonchev–Trinajstić information content (AvgIpc) is 2.88. The number of nitriles is 1. The number of hydrogen-bond donors (Lipinski definition) is 0. The minimum Gasteiger partial charge on any atom is -0.277 e. The minimum absolute atomic E-state index is 0.714. The van der Waals surface area contributed by atoms with Crippen LogP contribution in [0, 0.1) is 11.3 Å². The Morgan fingerprint density at radius 2 is 1.23 bits per heavy atom. The zero-order valence-electron chi connectivity index (χ0n) is 12.7. The summed E-state index contributed by atoms with van der Waals surface area (Å²) in [6.07, 6.45) is 6.42. The summed E-state index contributed by atoms with van der Waals surface area (Å²) >= 11 is 0. The van der Waals surface area contributed by atoms with Crippen LogP contribution in [0.5, 0.6) is 0 Å². The van der Waals surface area contributed by atoms with Crippen molar-refractivity contribution < 1.29 is 0 Å². The van der Waals surface area contributed by atoms with E-state index in [0.717, 1.165) is 37.1 Å². The molecule has 0 radical (unpaired) electrons. The van der Waals surface area contributed by atoms with Crippen molar-refractivity contribution in [3.05, 3.63) is 83.9 Å². The van der Waals surface area contributed by atoms with Gasteiger partial charge in [0.05, 0.1) is 6.07 Å². The van der Waals surface area contributed by atoms with E-state index in [9.17, 15) is 5.26 Å². The van der Waals surface area contributed by atoms with Crippen molar-refractivity contribution in [1.29, 1.82) is 5.26 Å². The molecule has 3 rings (SSSR count). The molecule has 1 heterocycles. The highest BCUT2D eigenvalue weighted by atomic mass is 15.2. The van der Waals surface area contributed by atoms with Gasteiger partial charge in [-0.25, -0.2) is 0 Å². The summed E-state index contributed by atoms with van der Waals surface area (Å²) in [6, 6.07) is 23.0. The standard InChI is InChI=1S/C20H20N2/c21-17-20(18-11-5-3-6-12-18,19-13-7-4-8-14-19)22-15-9-1-2-10-16-22/h1-8,11-14H,9-10,15-16H2. The van der Waals surface area contributed by atoms with Crippen molar-refractivity contribution in [2.75, 3.05) is 13.1 Å². The van der Waals surface area contributed by atoms with Gasteiger partial charge in [0.25, 0.3) is 0 Å². The monoisotopic (exact) mass is 288 g/mol. The molecule has 2 aromatic carbocycles. The molecule has 1 aliphatic heterocycles. The summed E-state index contributed by atoms with van der Waals surface area (Å²) in [5.74, 6) is 0. The zero-order valence-corrected chi connectivity index (χ0v) is 12.7. The predicted molar refractivity (Wildman–Crippen MR) is 89.2 cm³/mol. The molecule has 0 unspecified atom stereocenters. The third kappa shape index (κ3) is 2.56. The second kappa shape index (κ2) is 6.60. The van der Waals surface area contributed by atoms with Crippen LogP contribution in [0.3, 0.4) is 0 Å². The van der Waals surface area contributed by atoms with Crippen molar-refractivity contribution >= 4 is 0 Å². The summed E-state index contributed by atoms with van der Waals surface area (Å²) in [5, 5.41) is 10.2. The number of nitrogens with zero attached hydrogens (tertiary/aromatic N) is 2. The molecule has 0 amide bonds. The van der Waals surface area contributed by atoms with Gasteiger partial charge in [0.2, 0.25) is 0 Å². The van der Waals surface area contributed by atoms with E-state index < -0.39 is 5.54 Å². The first-order valence-electron chi connectivity index (χ1n) is 7.80. The zero-order chi connectivity index (χ0) is 15.3. The van der Waals surface area contributed by atoms with Gasteiger partial charge in [-0.05, 0) is 24.0 Å². The summed E-state index contributed by atoms with van der Waals surface area (Å²) < 4.78 is 0. The van der Waals surface area contributed by atoms with E-state index in [1.165, 1.54) is 0 Å². The summed E-state index contributed by atoms with van der Waals surface area (Å²) in [7, 11) is 0. The first kappa shape index (κ1) is 14.6. The maximum absolute atomic E-state index is 10.2. The van der Waals surface area contributed by atoms with Crippen LogP contribution < -0.4 is 0 Å². The van der Waals surface area contributed by atoms with Gasteiger partial charge in [-0.1, -0.05) is 72.8 Å². The molecule has 1 aliphatic rings. The first-order valence-corrected chi connectivity index (χ1v) is 7.80. The molecule has 0 atom stereocenters. The van der Waals surface area contributed by atoms with Gasteiger partial charge in [-0.2, -0.15) is 5.26 Å². The van der Waals surface area contributed by atoms with Crippen LogP contribution in [0.1, 0.15) is 24.0 Å². The minimum atomic E-state index is -0.714. The third-order valence-corrected chi connectivity index (χ3v) is 4.32. The Morgan fingerprint density at radius 3 is 1.64 bits per heavy atom. The van der Waals surface area contributed by atoms with Crippen molar-refractivity contribution in [3.8, 4) is 6.07 Å². The van der Waals surface area contributed by atoms with Gasteiger partial charge in [0, 0.05) is 13.1 Å². The molecular formula is C20H20N2. The number of hydrogen-bond acceptors (Lipinski definition) is 2. The van der Waals surface area contributed by atoms with Crippen LogP contribution in [-0.2, 0) is 5.54 Å². The Hall–Kier alpha value is -2.37. The topological polar surface area (TPSA) is 27.0 Å². The fourth-order valence-electron chi connectivity index (χ4n) is 3.23. The summed E-state index contributed by atoms with van der Waals surface area (Å²) in [5.41, 5.74) is 1.38. The molecule has 22 heavy (non-hydrogen) atoms. The van der Waals surface area contributed by atoms with E-state index in [-0.39, 0.29) is 0 Å². The molecule has 0 saturated heterocycles. The first-order chi connectivity index (χ1) is 10.9. The maximum atomic E-state index is 10.2. The van der Waals surface area contributed by atoms with E-state index in [0.29, 0.717) is 0 Å². The van der Waals surface area contributed by atoms with Crippen LogP contribution in [-0.4, -0.2) is 18.0 Å². The van der Waals surface area contributed by atoms with Crippen molar-refractivity contribution in [2.45, 2.75) is 18.4 Å². The Balaban J connectivity index is 2.15. The molecule has 2 aromatic rings. The predicted octanol–water partition coefficient (Wildman–Crippen LogP) is 4.11. The quantitative estimate of drug-likeness (QED) is 0.795. The van der Waals surface area contributed by atoms with Gasteiger partial charge in [-0.3, -0.25) is 4.90 Å². The Bertz CT molecular complexity index is 618. The number of benzene rings is 2. The van der Waals surface area contributed by atoms with E-state index in [4.69, 9.17) is 0 Å². The maximum Gasteiger partial charge on any atom is 0.160 e. The average molecular weight is 288 g/mol. The third-order valence-electron chi connectivity index (χ3n) is 4.32. The van der Waals surface area contributed by atoms with Crippen molar-refractivity contribution in [2.24, 2.45) is 0 Å². The van der Waals surface area contributed by atoms with Gasteiger partial charge in [0.1, 0.15) is 0 Å². The highest BCUT2D eigenvalue weighted by Crippen LogP contribution is 2.36. The smallest absolute Gasteiger partial charge is 0.160 e. The molecule has 2 heteroatoms. The van der Waals surface area contributed by atoms with E-state index in [1.807, 2.05) is 36.4 Å². The SMILES string of the molecule is N#CC(c1ccccc1)(c1ccccc1)N1CCC=CCC1. The normalized spacial score (nSPS) is 16.0. The second-order valence-corrected chi connectivity index (χ2v) is 5.59. The molecule has 0 fully saturated rings. The molecule has 0 spiro atoms. The molecule has 0 N–H and O–H groups in total. The Morgan fingerprint density at radius 1 is 0.773 bits per heavy atom. The van der Waals surface area contributed by atoms with E-state index >= 15 is 0 Å². The van der Waals surface area contributed by atoms with Gasteiger partial charge in [-0.15, -0.1) is 0 Å². The lowest BCUT2D eigenvalue weighted by Crippen LogP contribution is -2.46. The highest BCUT2D eigenvalue weighted by molar-refractivity contribution is 5.45. The Labute approximate surface area is 132 Å². The second-order valence-electron chi connectivity index (χ2n) is 5.59. The van der Waals surface area contributed by atoms with Crippen LogP contribution >= 0.6 is 0 Å². The molecule has 0 bridgehead atoms.